The molecule has 0 amide bonds. The van der Waals surface area contributed by atoms with E-state index >= 15 is 0 Å². The standard InChI is InChI=1S/C11H15Cl2NO/c1-3-6(2)10(14)8-4-7(12)5-9(13)11(8)15/h4-6,10,15H,3,14H2,1-2H3/t6?,10-/m1/s1. The average molecular weight is 248 g/mol. The highest BCUT2D eigenvalue weighted by Crippen LogP contribution is 2.36. The third-order valence-corrected chi connectivity index (χ3v) is 3.18. The first-order chi connectivity index (χ1) is 6.97. The summed E-state index contributed by atoms with van der Waals surface area (Å²) >= 11 is 11.7. The van der Waals surface area contributed by atoms with E-state index in [1.807, 2.05) is 13.8 Å². The lowest BCUT2D eigenvalue weighted by Gasteiger charge is -2.20. The molecule has 0 saturated heterocycles. The predicted molar refractivity (Wildman–Crippen MR) is 64.5 cm³/mol. The van der Waals surface area contributed by atoms with Crippen LogP contribution in [0, 0.1) is 5.92 Å². The number of hydrogen-bond acceptors (Lipinski definition) is 2. The fourth-order valence-electron chi connectivity index (χ4n) is 1.40. The molecule has 0 radical (unpaired) electrons. The quantitative estimate of drug-likeness (QED) is 0.855. The Morgan fingerprint density at radius 2 is 2.00 bits per heavy atom. The normalized spacial score (nSPS) is 15.0. The van der Waals surface area contributed by atoms with Gasteiger partial charge in [0, 0.05) is 16.6 Å². The molecule has 3 N–H and O–H groups in total. The van der Waals surface area contributed by atoms with Crippen molar-refractivity contribution in [3.05, 3.63) is 27.7 Å². The zero-order valence-electron chi connectivity index (χ0n) is 8.80. The highest BCUT2D eigenvalue weighted by Gasteiger charge is 2.19. The topological polar surface area (TPSA) is 46.2 Å². The molecule has 2 nitrogen and oxygen atoms in total. The van der Waals surface area contributed by atoms with Gasteiger partial charge >= 0.3 is 0 Å². The third kappa shape index (κ3) is 2.77. The number of rotatable bonds is 3. The molecule has 0 heterocycles. The van der Waals surface area contributed by atoms with Gasteiger partial charge in [0.1, 0.15) is 5.75 Å². The summed E-state index contributed by atoms with van der Waals surface area (Å²) in [4.78, 5) is 0. The van der Waals surface area contributed by atoms with E-state index in [2.05, 4.69) is 0 Å². The van der Waals surface area contributed by atoms with Crippen molar-refractivity contribution in [2.45, 2.75) is 26.3 Å². The summed E-state index contributed by atoms with van der Waals surface area (Å²) in [7, 11) is 0. The fraction of sp³-hybridized carbons (Fsp3) is 0.455. The van der Waals surface area contributed by atoms with Crippen LogP contribution in [0.25, 0.3) is 0 Å². The monoisotopic (exact) mass is 247 g/mol. The van der Waals surface area contributed by atoms with Gasteiger partial charge < -0.3 is 10.8 Å². The van der Waals surface area contributed by atoms with E-state index in [9.17, 15) is 5.11 Å². The average Bonchev–Trinajstić information content (AvgIpc) is 2.21. The molecule has 1 unspecified atom stereocenters. The zero-order chi connectivity index (χ0) is 11.6. The number of hydrogen-bond donors (Lipinski definition) is 2. The van der Waals surface area contributed by atoms with Gasteiger partial charge in [-0.05, 0) is 18.1 Å². The number of benzene rings is 1. The molecule has 84 valence electrons. The van der Waals surface area contributed by atoms with Crippen LogP contribution < -0.4 is 5.73 Å². The maximum absolute atomic E-state index is 9.77. The number of aromatic hydroxyl groups is 1. The van der Waals surface area contributed by atoms with Gasteiger partial charge in [-0.2, -0.15) is 0 Å². The van der Waals surface area contributed by atoms with Gasteiger partial charge in [0.05, 0.1) is 5.02 Å². The Labute approximate surface area is 100.0 Å². The van der Waals surface area contributed by atoms with Gasteiger partial charge in [-0.25, -0.2) is 0 Å². The maximum Gasteiger partial charge on any atom is 0.139 e. The number of phenols is 1. The summed E-state index contributed by atoms with van der Waals surface area (Å²) in [6, 6.07) is 2.93. The van der Waals surface area contributed by atoms with E-state index in [-0.39, 0.29) is 22.7 Å². The van der Waals surface area contributed by atoms with Crippen molar-refractivity contribution in [3.63, 3.8) is 0 Å². The number of nitrogens with two attached hydrogens (primary N) is 1. The van der Waals surface area contributed by atoms with Crippen LogP contribution >= 0.6 is 23.2 Å². The lowest BCUT2D eigenvalue weighted by molar-refractivity contribution is 0.419. The van der Waals surface area contributed by atoms with Gasteiger partial charge in [0.15, 0.2) is 0 Å². The predicted octanol–water partition coefficient (Wildman–Crippen LogP) is 3.74. The van der Waals surface area contributed by atoms with E-state index in [1.54, 1.807) is 6.07 Å². The molecule has 0 aliphatic rings. The van der Waals surface area contributed by atoms with E-state index in [1.165, 1.54) is 6.07 Å². The molecule has 0 aliphatic carbocycles. The molecular formula is C11H15Cl2NO. The van der Waals surface area contributed by atoms with Crippen molar-refractivity contribution in [1.29, 1.82) is 0 Å². The summed E-state index contributed by atoms with van der Waals surface area (Å²) < 4.78 is 0. The van der Waals surface area contributed by atoms with Crippen molar-refractivity contribution in [2.75, 3.05) is 0 Å². The van der Waals surface area contributed by atoms with Gasteiger partial charge in [-0.1, -0.05) is 43.5 Å². The van der Waals surface area contributed by atoms with Gasteiger partial charge in [0.25, 0.3) is 0 Å². The first kappa shape index (κ1) is 12.6. The van der Waals surface area contributed by atoms with Crippen LogP contribution in [-0.2, 0) is 0 Å². The van der Waals surface area contributed by atoms with Crippen LogP contribution in [0.1, 0.15) is 31.9 Å². The van der Waals surface area contributed by atoms with Gasteiger partial charge in [0.2, 0.25) is 0 Å². The molecular weight excluding hydrogens is 233 g/mol. The Morgan fingerprint density at radius 1 is 1.40 bits per heavy atom. The minimum absolute atomic E-state index is 0.0360. The molecule has 0 aliphatic heterocycles. The highest BCUT2D eigenvalue weighted by molar-refractivity contribution is 6.35. The Hall–Kier alpha value is -0.440. The van der Waals surface area contributed by atoms with Crippen LogP contribution in [0.2, 0.25) is 10.0 Å². The molecule has 0 spiro atoms. The number of halogens is 2. The van der Waals surface area contributed by atoms with Crippen molar-refractivity contribution < 1.29 is 5.11 Å². The number of phenolic OH excluding ortho intramolecular Hbond substituents is 1. The minimum atomic E-state index is -0.244. The summed E-state index contributed by atoms with van der Waals surface area (Å²) in [5.41, 5.74) is 6.62. The van der Waals surface area contributed by atoms with Crippen molar-refractivity contribution >= 4 is 23.2 Å². The largest absolute Gasteiger partial charge is 0.506 e. The third-order valence-electron chi connectivity index (χ3n) is 2.67. The summed E-state index contributed by atoms with van der Waals surface area (Å²) in [6.45, 7) is 4.08. The summed E-state index contributed by atoms with van der Waals surface area (Å²) in [6.07, 6.45) is 0.935. The van der Waals surface area contributed by atoms with E-state index in [0.29, 0.717) is 10.6 Å². The van der Waals surface area contributed by atoms with Crippen molar-refractivity contribution in [2.24, 2.45) is 11.7 Å². The highest BCUT2D eigenvalue weighted by atomic mass is 35.5. The van der Waals surface area contributed by atoms with Crippen LogP contribution in [0.15, 0.2) is 12.1 Å². The first-order valence-electron chi connectivity index (χ1n) is 4.90. The SMILES string of the molecule is CCC(C)[C@@H](N)c1cc(Cl)cc(Cl)c1O. The second-order valence-electron chi connectivity index (χ2n) is 3.74. The Bertz CT molecular complexity index is 355. The van der Waals surface area contributed by atoms with E-state index in [4.69, 9.17) is 28.9 Å². The Balaban J connectivity index is 3.13. The van der Waals surface area contributed by atoms with Gasteiger partial charge in [-0.15, -0.1) is 0 Å². The Morgan fingerprint density at radius 3 is 2.53 bits per heavy atom. The van der Waals surface area contributed by atoms with Crippen LogP contribution in [-0.4, -0.2) is 5.11 Å². The zero-order valence-corrected chi connectivity index (χ0v) is 10.3. The second kappa shape index (κ2) is 5.06. The molecule has 15 heavy (non-hydrogen) atoms. The summed E-state index contributed by atoms with van der Waals surface area (Å²) in [5.74, 6) is 0.305. The molecule has 0 bridgehead atoms. The van der Waals surface area contributed by atoms with Gasteiger partial charge in [-0.3, -0.25) is 0 Å². The minimum Gasteiger partial charge on any atom is -0.506 e. The Kier molecular flexibility index (Phi) is 4.26. The molecule has 2 atom stereocenters. The maximum atomic E-state index is 9.77. The van der Waals surface area contributed by atoms with Crippen molar-refractivity contribution in [3.8, 4) is 5.75 Å². The second-order valence-corrected chi connectivity index (χ2v) is 4.58. The molecule has 1 aromatic rings. The first-order valence-corrected chi connectivity index (χ1v) is 5.66. The van der Waals surface area contributed by atoms with Crippen LogP contribution in [0.4, 0.5) is 0 Å². The molecule has 0 saturated carbocycles. The summed E-state index contributed by atoms with van der Waals surface area (Å²) in [5, 5.41) is 10.5. The molecule has 1 aromatic carbocycles. The van der Waals surface area contributed by atoms with E-state index in [0.717, 1.165) is 6.42 Å². The van der Waals surface area contributed by atoms with Crippen molar-refractivity contribution in [1.82, 2.24) is 0 Å². The lowest BCUT2D eigenvalue weighted by Crippen LogP contribution is -2.18. The molecule has 0 aromatic heterocycles. The van der Waals surface area contributed by atoms with E-state index < -0.39 is 0 Å². The molecule has 4 heteroatoms. The van der Waals surface area contributed by atoms with Crippen LogP contribution in [0.3, 0.4) is 0 Å². The molecule has 0 fully saturated rings. The smallest absolute Gasteiger partial charge is 0.139 e. The fourth-order valence-corrected chi connectivity index (χ4v) is 1.91. The van der Waals surface area contributed by atoms with Crippen LogP contribution in [0.5, 0.6) is 5.75 Å². The molecule has 1 rings (SSSR count). The lowest BCUT2D eigenvalue weighted by atomic mass is 9.93.